The third-order valence-corrected chi connectivity index (χ3v) is 5.18. The number of nitrogens with zero attached hydrogens (tertiary/aromatic N) is 5. The van der Waals surface area contributed by atoms with Gasteiger partial charge in [0, 0.05) is 19.2 Å². The highest BCUT2D eigenvalue weighted by molar-refractivity contribution is 5.89. The van der Waals surface area contributed by atoms with E-state index in [0.717, 1.165) is 25.7 Å². The van der Waals surface area contributed by atoms with E-state index < -0.39 is 17.8 Å². The number of aryl methyl sites for hydroxylation is 1. The van der Waals surface area contributed by atoms with E-state index >= 15 is 0 Å². The number of rotatable bonds is 10. The summed E-state index contributed by atoms with van der Waals surface area (Å²) in [7, 11) is 0. The number of anilines is 1. The fraction of sp³-hybridized carbons (Fsp3) is 0.600. The molecule has 2 aromatic rings. The van der Waals surface area contributed by atoms with Gasteiger partial charge in [0.25, 0.3) is 0 Å². The van der Waals surface area contributed by atoms with E-state index in [1.54, 1.807) is 6.92 Å². The first-order valence-corrected chi connectivity index (χ1v) is 10.5. The van der Waals surface area contributed by atoms with Crippen LogP contribution in [-0.4, -0.2) is 49.2 Å². The number of hydrogen-bond acceptors (Lipinski definition) is 7. The largest absolute Gasteiger partial charge is 0.461 e. The SMILES string of the molecule is CCOC(=O)c1cn(CC(F)CCn2ccc(NC(=O)CC3CCCC3)nc2=O)nn1. The minimum atomic E-state index is -1.31. The number of halogens is 1. The van der Waals surface area contributed by atoms with Gasteiger partial charge < -0.3 is 10.1 Å². The van der Waals surface area contributed by atoms with Gasteiger partial charge in [-0.25, -0.2) is 18.7 Å². The number of carbonyl (C=O) groups excluding carboxylic acids is 2. The molecule has 1 atom stereocenters. The number of nitrogens with one attached hydrogen (secondary N) is 1. The van der Waals surface area contributed by atoms with Crippen molar-refractivity contribution in [3.63, 3.8) is 0 Å². The van der Waals surface area contributed by atoms with Crippen LogP contribution >= 0.6 is 0 Å². The maximum Gasteiger partial charge on any atom is 0.360 e. The molecule has 1 fully saturated rings. The lowest BCUT2D eigenvalue weighted by atomic mass is 10.0. The highest BCUT2D eigenvalue weighted by atomic mass is 19.1. The van der Waals surface area contributed by atoms with Gasteiger partial charge in [-0.05, 0) is 38.2 Å². The molecule has 3 rings (SSSR count). The average molecular weight is 434 g/mol. The fourth-order valence-electron chi connectivity index (χ4n) is 3.60. The summed E-state index contributed by atoms with van der Waals surface area (Å²) in [4.78, 5) is 39.7. The Bertz CT molecular complexity index is 953. The summed E-state index contributed by atoms with van der Waals surface area (Å²) < 4.78 is 21.6. The zero-order valence-corrected chi connectivity index (χ0v) is 17.5. The molecule has 0 bridgehead atoms. The van der Waals surface area contributed by atoms with Gasteiger partial charge in [0.15, 0.2) is 5.69 Å². The normalized spacial score (nSPS) is 15.0. The Morgan fingerprint density at radius 3 is 2.84 bits per heavy atom. The number of amides is 1. The van der Waals surface area contributed by atoms with E-state index in [4.69, 9.17) is 4.74 Å². The molecule has 0 saturated heterocycles. The molecular weight excluding hydrogens is 407 g/mol. The van der Waals surface area contributed by atoms with Crippen LogP contribution in [0.1, 0.15) is 55.9 Å². The van der Waals surface area contributed by atoms with Crippen molar-refractivity contribution in [2.75, 3.05) is 11.9 Å². The van der Waals surface area contributed by atoms with Gasteiger partial charge in [-0.15, -0.1) is 5.10 Å². The Balaban J connectivity index is 1.47. The minimum Gasteiger partial charge on any atom is -0.461 e. The van der Waals surface area contributed by atoms with Crippen LogP contribution in [0.2, 0.25) is 0 Å². The lowest BCUT2D eigenvalue weighted by molar-refractivity contribution is -0.117. The summed E-state index contributed by atoms with van der Waals surface area (Å²) in [6.45, 7) is 1.89. The van der Waals surface area contributed by atoms with E-state index in [-0.39, 0.29) is 43.5 Å². The second-order valence-electron chi connectivity index (χ2n) is 7.62. The molecule has 0 radical (unpaired) electrons. The van der Waals surface area contributed by atoms with Crippen LogP contribution in [0.3, 0.4) is 0 Å². The fourth-order valence-corrected chi connectivity index (χ4v) is 3.60. The molecule has 1 amide bonds. The molecular formula is C20H27FN6O4. The number of ether oxygens (including phenoxy) is 1. The number of aromatic nitrogens is 5. The first-order chi connectivity index (χ1) is 14.9. The average Bonchev–Trinajstić information content (AvgIpc) is 3.39. The molecule has 168 valence electrons. The Hall–Kier alpha value is -3.11. The molecule has 1 unspecified atom stereocenters. The van der Waals surface area contributed by atoms with E-state index in [9.17, 15) is 18.8 Å². The van der Waals surface area contributed by atoms with Gasteiger partial charge in [0.1, 0.15) is 12.0 Å². The summed E-state index contributed by atoms with van der Waals surface area (Å²) in [5.41, 5.74) is -0.545. The Kier molecular flexibility index (Phi) is 7.85. The lowest BCUT2D eigenvalue weighted by Gasteiger charge is -2.11. The van der Waals surface area contributed by atoms with Crippen LogP contribution in [0.25, 0.3) is 0 Å². The predicted molar refractivity (Wildman–Crippen MR) is 109 cm³/mol. The highest BCUT2D eigenvalue weighted by Crippen LogP contribution is 2.27. The molecule has 11 heteroatoms. The topological polar surface area (TPSA) is 121 Å². The standard InChI is InChI=1S/C20H27FN6O4/c1-2-31-19(29)16-13-27(25-24-16)12-15(21)7-9-26-10-8-17(23-20(26)30)22-18(28)11-14-5-3-4-6-14/h8,10,13-15H,2-7,9,11-12H2,1H3,(H,22,23,28,30). The van der Waals surface area contributed by atoms with Crippen LogP contribution in [0.4, 0.5) is 10.2 Å². The number of alkyl halides is 1. The van der Waals surface area contributed by atoms with Crippen molar-refractivity contribution >= 4 is 17.7 Å². The summed E-state index contributed by atoms with van der Waals surface area (Å²) in [6, 6.07) is 1.53. The molecule has 2 heterocycles. The van der Waals surface area contributed by atoms with Crippen LogP contribution in [0.5, 0.6) is 0 Å². The maximum absolute atomic E-state index is 14.3. The molecule has 10 nitrogen and oxygen atoms in total. The lowest BCUT2D eigenvalue weighted by Crippen LogP contribution is -2.26. The zero-order valence-electron chi connectivity index (χ0n) is 17.5. The van der Waals surface area contributed by atoms with Crippen molar-refractivity contribution in [2.45, 2.75) is 64.7 Å². The highest BCUT2D eigenvalue weighted by Gasteiger charge is 2.19. The van der Waals surface area contributed by atoms with Gasteiger partial charge in [-0.1, -0.05) is 18.1 Å². The monoisotopic (exact) mass is 434 g/mol. The van der Waals surface area contributed by atoms with Crippen LogP contribution in [-0.2, 0) is 22.6 Å². The van der Waals surface area contributed by atoms with Crippen LogP contribution < -0.4 is 11.0 Å². The summed E-state index contributed by atoms with van der Waals surface area (Å²) >= 11 is 0. The predicted octanol–water partition coefficient (Wildman–Crippen LogP) is 1.96. The van der Waals surface area contributed by atoms with Gasteiger partial charge >= 0.3 is 11.7 Å². The van der Waals surface area contributed by atoms with Crippen LogP contribution in [0, 0.1) is 5.92 Å². The van der Waals surface area contributed by atoms with Crippen molar-refractivity contribution in [1.29, 1.82) is 0 Å². The van der Waals surface area contributed by atoms with Crippen LogP contribution in [0.15, 0.2) is 23.3 Å². The number of hydrogen-bond donors (Lipinski definition) is 1. The maximum atomic E-state index is 14.3. The molecule has 0 spiro atoms. The van der Waals surface area contributed by atoms with Crippen molar-refractivity contribution in [3.8, 4) is 0 Å². The summed E-state index contributed by atoms with van der Waals surface area (Å²) in [5, 5.41) is 10.0. The Morgan fingerprint density at radius 2 is 2.13 bits per heavy atom. The second kappa shape index (κ2) is 10.8. The molecule has 0 aromatic carbocycles. The van der Waals surface area contributed by atoms with E-state index in [1.165, 1.54) is 27.7 Å². The van der Waals surface area contributed by atoms with Crippen molar-refractivity contribution in [3.05, 3.63) is 34.6 Å². The third-order valence-electron chi connectivity index (χ3n) is 5.18. The van der Waals surface area contributed by atoms with Crippen molar-refractivity contribution in [2.24, 2.45) is 5.92 Å². The number of esters is 1. The van der Waals surface area contributed by atoms with E-state index in [1.807, 2.05) is 0 Å². The second-order valence-corrected chi connectivity index (χ2v) is 7.62. The summed E-state index contributed by atoms with van der Waals surface area (Å²) in [6.07, 6.45) is 6.42. The zero-order chi connectivity index (χ0) is 22.2. The van der Waals surface area contributed by atoms with Crippen molar-refractivity contribution in [1.82, 2.24) is 24.5 Å². The quantitative estimate of drug-likeness (QED) is 0.567. The molecule has 1 aliphatic rings. The van der Waals surface area contributed by atoms with Gasteiger partial charge in [-0.3, -0.25) is 9.36 Å². The van der Waals surface area contributed by atoms with Gasteiger partial charge in [0.2, 0.25) is 5.91 Å². The Morgan fingerprint density at radius 1 is 1.35 bits per heavy atom. The van der Waals surface area contributed by atoms with Gasteiger partial charge in [-0.2, -0.15) is 4.98 Å². The van der Waals surface area contributed by atoms with E-state index in [0.29, 0.717) is 12.3 Å². The van der Waals surface area contributed by atoms with Crippen molar-refractivity contribution < 1.29 is 18.7 Å². The molecule has 31 heavy (non-hydrogen) atoms. The first kappa shape index (κ1) is 22.6. The molecule has 2 aromatic heterocycles. The molecule has 0 aliphatic heterocycles. The first-order valence-electron chi connectivity index (χ1n) is 10.5. The van der Waals surface area contributed by atoms with Gasteiger partial charge in [0.05, 0.1) is 19.3 Å². The Labute approximate surface area is 178 Å². The molecule has 1 N–H and O–H groups in total. The minimum absolute atomic E-state index is 0.0139. The smallest absolute Gasteiger partial charge is 0.360 e. The summed E-state index contributed by atoms with van der Waals surface area (Å²) in [5.74, 6) is -0.150. The third kappa shape index (κ3) is 6.69. The van der Waals surface area contributed by atoms with E-state index in [2.05, 4.69) is 20.6 Å². The molecule has 1 aliphatic carbocycles. The molecule has 1 saturated carbocycles. The number of carbonyl (C=O) groups is 2.